The molecule has 1 saturated carbocycles. The van der Waals surface area contributed by atoms with E-state index in [0.717, 1.165) is 37.7 Å². The highest BCUT2D eigenvalue weighted by molar-refractivity contribution is 7.92. The van der Waals surface area contributed by atoms with Crippen LogP contribution in [0.1, 0.15) is 84.1 Å². The first-order chi connectivity index (χ1) is 19.8. The summed E-state index contributed by atoms with van der Waals surface area (Å²) in [5.41, 5.74) is 0.788. The van der Waals surface area contributed by atoms with E-state index < -0.39 is 62.4 Å². The van der Waals surface area contributed by atoms with Gasteiger partial charge in [0.1, 0.15) is 12.1 Å². The normalized spacial score (nSPS) is 18.0. The third-order valence-electron chi connectivity index (χ3n) is 8.03. The molecule has 1 aliphatic rings. The van der Waals surface area contributed by atoms with E-state index in [0.29, 0.717) is 6.42 Å². The molecule has 1 aliphatic carbocycles. The van der Waals surface area contributed by atoms with Crippen molar-refractivity contribution in [1.82, 2.24) is 10.6 Å². The van der Waals surface area contributed by atoms with Gasteiger partial charge >= 0.3 is 0 Å². The molecule has 2 amide bonds. The van der Waals surface area contributed by atoms with E-state index >= 15 is 0 Å². The average molecular weight is 601 g/mol. The number of aliphatic hydroxyl groups is 2. The lowest BCUT2D eigenvalue weighted by Gasteiger charge is -2.33. The SMILES string of the molecule is C#CCC[C@H](O)[C@H](O)[C@H](CC1CCCCC1)NC(=O)[C@H](CC#C)NC(=O)[C@H](Cc1ccccc1)CS(=O)(=O)C(C)(C)C. The van der Waals surface area contributed by atoms with E-state index in [9.17, 15) is 28.2 Å². The van der Waals surface area contributed by atoms with Crippen LogP contribution >= 0.6 is 0 Å². The van der Waals surface area contributed by atoms with Gasteiger partial charge in [-0.15, -0.1) is 24.7 Å². The van der Waals surface area contributed by atoms with Gasteiger partial charge in [-0.1, -0.05) is 62.4 Å². The summed E-state index contributed by atoms with van der Waals surface area (Å²) in [6, 6.07) is 7.17. The number of carbonyl (C=O) groups is 2. The van der Waals surface area contributed by atoms with Crippen molar-refractivity contribution in [2.24, 2.45) is 11.8 Å². The molecule has 8 nitrogen and oxygen atoms in total. The molecule has 0 heterocycles. The van der Waals surface area contributed by atoms with Crippen molar-refractivity contribution in [3.63, 3.8) is 0 Å². The van der Waals surface area contributed by atoms with Crippen molar-refractivity contribution in [3.05, 3.63) is 35.9 Å². The summed E-state index contributed by atoms with van der Waals surface area (Å²) in [4.78, 5) is 27.1. The molecule has 2 rings (SSSR count). The smallest absolute Gasteiger partial charge is 0.243 e. The first kappa shape index (κ1) is 35.3. The molecular formula is C33H48N2O6S. The Morgan fingerprint density at radius 1 is 1.00 bits per heavy atom. The fraction of sp³-hybridized carbons (Fsp3) is 0.636. The van der Waals surface area contributed by atoms with Crippen molar-refractivity contribution in [2.75, 3.05) is 5.75 Å². The Bertz CT molecular complexity index is 1190. The fourth-order valence-corrected chi connectivity index (χ4v) is 6.58. The maximum absolute atomic E-state index is 13.6. The van der Waals surface area contributed by atoms with Crippen LogP contribution in [0.5, 0.6) is 0 Å². The minimum absolute atomic E-state index is 0.131. The zero-order valence-electron chi connectivity index (χ0n) is 25.2. The number of sulfone groups is 1. The average Bonchev–Trinajstić information content (AvgIpc) is 2.94. The summed E-state index contributed by atoms with van der Waals surface area (Å²) < 4.78 is 25.1. The number of aliphatic hydroxyl groups excluding tert-OH is 2. The number of terminal acetylenes is 2. The lowest BCUT2D eigenvalue weighted by atomic mass is 9.82. The molecular weight excluding hydrogens is 552 g/mol. The highest BCUT2D eigenvalue weighted by Gasteiger charge is 2.37. The second-order valence-electron chi connectivity index (χ2n) is 12.4. The van der Waals surface area contributed by atoms with Gasteiger partial charge in [-0.05, 0) is 51.5 Å². The van der Waals surface area contributed by atoms with Crippen molar-refractivity contribution < 1.29 is 28.2 Å². The van der Waals surface area contributed by atoms with Crippen molar-refractivity contribution in [1.29, 1.82) is 0 Å². The van der Waals surface area contributed by atoms with E-state index in [2.05, 4.69) is 22.5 Å². The molecule has 0 aliphatic heterocycles. The van der Waals surface area contributed by atoms with Crippen molar-refractivity contribution in [2.45, 2.75) is 114 Å². The van der Waals surface area contributed by atoms with Crippen LogP contribution in [-0.4, -0.2) is 65.2 Å². The Morgan fingerprint density at radius 2 is 1.64 bits per heavy atom. The monoisotopic (exact) mass is 600 g/mol. The highest BCUT2D eigenvalue weighted by atomic mass is 32.2. The molecule has 0 spiro atoms. The quantitative estimate of drug-likeness (QED) is 0.229. The number of benzene rings is 1. The van der Waals surface area contributed by atoms with Gasteiger partial charge in [-0.2, -0.15) is 0 Å². The van der Waals surface area contributed by atoms with Crippen LogP contribution in [0.2, 0.25) is 0 Å². The molecule has 0 aromatic heterocycles. The lowest BCUT2D eigenvalue weighted by Crippen LogP contribution is -2.56. The zero-order valence-corrected chi connectivity index (χ0v) is 26.0. The van der Waals surface area contributed by atoms with Crippen LogP contribution in [0, 0.1) is 36.5 Å². The van der Waals surface area contributed by atoms with Crippen molar-refractivity contribution in [3.8, 4) is 24.7 Å². The third-order valence-corrected chi connectivity index (χ3v) is 10.7. The van der Waals surface area contributed by atoms with Gasteiger partial charge in [-0.25, -0.2) is 8.42 Å². The van der Waals surface area contributed by atoms with Crippen LogP contribution in [0.15, 0.2) is 30.3 Å². The van der Waals surface area contributed by atoms with E-state index in [1.54, 1.807) is 20.8 Å². The number of rotatable bonds is 15. The molecule has 232 valence electrons. The molecule has 1 aromatic rings. The Hall–Kier alpha value is -2.85. The van der Waals surface area contributed by atoms with E-state index in [4.69, 9.17) is 12.8 Å². The molecule has 0 saturated heterocycles. The predicted molar refractivity (Wildman–Crippen MR) is 166 cm³/mol. The number of nitrogens with one attached hydrogen (secondary N) is 2. The highest BCUT2D eigenvalue weighted by Crippen LogP contribution is 2.29. The van der Waals surface area contributed by atoms with Crippen molar-refractivity contribution >= 4 is 21.7 Å². The number of hydrogen-bond acceptors (Lipinski definition) is 6. The first-order valence-electron chi connectivity index (χ1n) is 14.9. The summed E-state index contributed by atoms with van der Waals surface area (Å²) in [6.07, 6.45) is 14.7. The summed E-state index contributed by atoms with van der Waals surface area (Å²) in [5, 5.41) is 27.1. The molecule has 1 fully saturated rings. The van der Waals surface area contributed by atoms with E-state index in [-0.39, 0.29) is 31.6 Å². The molecule has 9 heteroatoms. The van der Waals surface area contributed by atoms with Crippen LogP contribution in [0.3, 0.4) is 0 Å². The standard InChI is InChI=1S/C33H48N2O6S/c1-6-8-20-29(36)30(37)28(22-25-18-13-10-14-19-25)35-32(39)27(15-7-2)34-31(38)26(21-24-16-11-9-12-17-24)23-42(40,41)33(3,4)5/h1-2,9,11-12,16-17,25-30,36-37H,8,10,13-15,18-23H2,3-5H3,(H,34,38)(H,35,39)/t26-,27+,28+,29+,30-/m1/s1. The predicted octanol–water partition coefficient (Wildman–Crippen LogP) is 3.16. The van der Waals surface area contributed by atoms with Crippen LogP contribution in [-0.2, 0) is 25.8 Å². The van der Waals surface area contributed by atoms with Gasteiger partial charge in [0, 0.05) is 12.8 Å². The first-order valence-corrected chi connectivity index (χ1v) is 16.5. The summed E-state index contributed by atoms with van der Waals surface area (Å²) >= 11 is 0. The zero-order chi connectivity index (χ0) is 31.3. The Labute approximate surface area is 252 Å². The summed E-state index contributed by atoms with van der Waals surface area (Å²) in [6.45, 7) is 4.76. The maximum Gasteiger partial charge on any atom is 0.243 e. The summed E-state index contributed by atoms with van der Waals surface area (Å²) in [5.74, 6) is 2.60. The molecule has 5 atom stereocenters. The lowest BCUT2D eigenvalue weighted by molar-refractivity contribution is -0.132. The van der Waals surface area contributed by atoms with Gasteiger partial charge in [0.05, 0.1) is 28.6 Å². The molecule has 42 heavy (non-hydrogen) atoms. The number of amides is 2. The van der Waals surface area contributed by atoms with E-state index in [1.807, 2.05) is 30.3 Å². The molecule has 1 aromatic carbocycles. The van der Waals surface area contributed by atoms with E-state index in [1.165, 1.54) is 0 Å². The minimum Gasteiger partial charge on any atom is -0.390 e. The Balaban J connectivity index is 2.26. The molecule has 0 bridgehead atoms. The van der Waals surface area contributed by atoms with Gasteiger partial charge in [-0.3, -0.25) is 9.59 Å². The minimum atomic E-state index is -3.67. The van der Waals surface area contributed by atoms with Gasteiger partial charge in [0.25, 0.3) is 0 Å². The topological polar surface area (TPSA) is 133 Å². The van der Waals surface area contributed by atoms with Crippen LogP contribution in [0.4, 0.5) is 0 Å². The van der Waals surface area contributed by atoms with Crippen LogP contribution < -0.4 is 10.6 Å². The molecule has 0 radical (unpaired) electrons. The second-order valence-corrected chi connectivity index (χ2v) is 15.2. The van der Waals surface area contributed by atoms with Gasteiger partial charge in [0.15, 0.2) is 9.84 Å². The Kier molecular flexibility index (Phi) is 14.1. The van der Waals surface area contributed by atoms with Gasteiger partial charge < -0.3 is 20.8 Å². The second kappa shape index (κ2) is 16.7. The third kappa shape index (κ3) is 11.1. The largest absolute Gasteiger partial charge is 0.390 e. The fourth-order valence-electron chi connectivity index (χ4n) is 5.28. The molecule has 0 unspecified atom stereocenters. The van der Waals surface area contributed by atoms with Gasteiger partial charge in [0.2, 0.25) is 11.8 Å². The number of carbonyl (C=O) groups excluding carboxylic acids is 2. The van der Waals surface area contributed by atoms with Crippen LogP contribution in [0.25, 0.3) is 0 Å². The maximum atomic E-state index is 13.6. The Morgan fingerprint density at radius 3 is 2.21 bits per heavy atom. The molecule has 4 N–H and O–H groups in total. The summed E-state index contributed by atoms with van der Waals surface area (Å²) in [7, 11) is -3.67. The number of hydrogen-bond donors (Lipinski definition) is 4.